The van der Waals surface area contributed by atoms with Crippen LogP contribution in [-0.4, -0.2) is 55.0 Å². The van der Waals surface area contributed by atoms with Crippen LogP contribution in [0.5, 0.6) is 0 Å². The molecule has 0 aromatic heterocycles. The molecule has 23 heavy (non-hydrogen) atoms. The highest BCUT2D eigenvalue weighted by atomic mass is 16.6. The van der Waals surface area contributed by atoms with E-state index in [0.29, 0.717) is 25.8 Å². The van der Waals surface area contributed by atoms with Crippen molar-refractivity contribution in [3.8, 4) is 0 Å². The summed E-state index contributed by atoms with van der Waals surface area (Å²) in [7, 11) is 0. The van der Waals surface area contributed by atoms with Gasteiger partial charge in [0.2, 0.25) is 0 Å². The third-order valence-electron chi connectivity index (χ3n) is 4.92. The Labute approximate surface area is 141 Å². The van der Waals surface area contributed by atoms with Crippen molar-refractivity contribution in [3.05, 3.63) is 0 Å². The number of rotatable bonds is 4. The zero-order chi connectivity index (χ0) is 16.9. The van der Waals surface area contributed by atoms with E-state index in [0.717, 1.165) is 12.5 Å². The molecule has 1 atom stereocenters. The Bertz CT molecular complexity index is 373. The van der Waals surface area contributed by atoms with Gasteiger partial charge in [-0.1, -0.05) is 13.3 Å². The van der Waals surface area contributed by atoms with Crippen LogP contribution in [0.25, 0.3) is 0 Å². The first-order chi connectivity index (χ1) is 10.9. The predicted octanol–water partition coefficient (Wildman–Crippen LogP) is 3.18. The van der Waals surface area contributed by atoms with Gasteiger partial charge >= 0.3 is 6.09 Å². The highest BCUT2D eigenvalue weighted by Gasteiger charge is 2.31. The number of ether oxygens (including phenoxy) is 2. The Morgan fingerprint density at radius 2 is 1.96 bits per heavy atom. The second-order valence-corrected chi connectivity index (χ2v) is 7.94. The molecule has 1 N–H and O–H groups in total. The molecule has 2 aliphatic rings. The zero-order valence-corrected chi connectivity index (χ0v) is 15.3. The summed E-state index contributed by atoms with van der Waals surface area (Å²) in [5.41, 5.74) is -0.452. The van der Waals surface area contributed by atoms with Gasteiger partial charge in [-0.25, -0.2) is 4.79 Å². The number of nitrogens with one attached hydrogen (secondary N) is 1. The van der Waals surface area contributed by atoms with Gasteiger partial charge in [0.15, 0.2) is 0 Å². The molecule has 0 radical (unpaired) electrons. The van der Waals surface area contributed by atoms with Crippen LogP contribution < -0.4 is 5.32 Å². The lowest BCUT2D eigenvalue weighted by atomic mass is 9.84. The summed E-state index contributed by atoms with van der Waals surface area (Å²) in [5.74, 6) is 0.907. The molecule has 0 aromatic carbocycles. The maximum Gasteiger partial charge on any atom is 0.410 e. The molecule has 0 bridgehead atoms. The van der Waals surface area contributed by atoms with E-state index in [1.807, 2.05) is 25.7 Å². The van der Waals surface area contributed by atoms with Gasteiger partial charge in [-0.3, -0.25) is 4.90 Å². The van der Waals surface area contributed by atoms with Crippen molar-refractivity contribution < 1.29 is 14.3 Å². The molecule has 2 rings (SSSR count). The number of nitrogens with zero attached hydrogens (tertiary/aromatic N) is 1. The number of hydrogen-bond acceptors (Lipinski definition) is 4. The summed E-state index contributed by atoms with van der Waals surface area (Å²) < 4.78 is 11.1. The molecule has 1 amide bonds. The average molecular weight is 326 g/mol. The van der Waals surface area contributed by atoms with E-state index in [2.05, 4.69) is 12.2 Å². The van der Waals surface area contributed by atoms with Crippen molar-refractivity contribution in [3.63, 3.8) is 0 Å². The summed E-state index contributed by atoms with van der Waals surface area (Å²) in [6.07, 6.45) is 6.23. The van der Waals surface area contributed by atoms with Crippen LogP contribution in [0.4, 0.5) is 4.79 Å². The molecule has 134 valence electrons. The van der Waals surface area contributed by atoms with Gasteiger partial charge in [-0.05, 0) is 52.4 Å². The van der Waals surface area contributed by atoms with E-state index in [9.17, 15) is 4.79 Å². The Morgan fingerprint density at radius 3 is 2.57 bits per heavy atom. The van der Waals surface area contributed by atoms with Gasteiger partial charge in [-0.2, -0.15) is 0 Å². The van der Waals surface area contributed by atoms with E-state index >= 15 is 0 Å². The Hall–Kier alpha value is -0.810. The molecule has 1 saturated carbocycles. The fourth-order valence-corrected chi connectivity index (χ4v) is 3.46. The lowest BCUT2D eigenvalue weighted by molar-refractivity contribution is -0.0324. The van der Waals surface area contributed by atoms with Crippen LogP contribution in [-0.2, 0) is 9.47 Å². The standard InChI is InChI=1S/C18H34N2O3/c1-5-14-6-8-15(9-7-14)19-12-16-13-22-11-10-20(16)17(21)23-18(2,3)4/h14-16,19H,5-13H2,1-4H3. The lowest BCUT2D eigenvalue weighted by Gasteiger charge is -2.38. The van der Waals surface area contributed by atoms with Gasteiger partial charge in [0, 0.05) is 19.1 Å². The van der Waals surface area contributed by atoms with Gasteiger partial charge in [0.25, 0.3) is 0 Å². The second-order valence-electron chi connectivity index (χ2n) is 7.94. The quantitative estimate of drug-likeness (QED) is 0.862. The van der Waals surface area contributed by atoms with E-state index < -0.39 is 5.60 Å². The minimum Gasteiger partial charge on any atom is -0.444 e. The average Bonchev–Trinajstić information content (AvgIpc) is 2.52. The number of amides is 1. The van der Waals surface area contributed by atoms with Crippen molar-refractivity contribution in [1.29, 1.82) is 0 Å². The molecule has 1 aliphatic heterocycles. The normalized spacial score (nSPS) is 29.4. The van der Waals surface area contributed by atoms with Crippen molar-refractivity contribution in [2.75, 3.05) is 26.3 Å². The van der Waals surface area contributed by atoms with Crippen molar-refractivity contribution in [1.82, 2.24) is 10.2 Å². The van der Waals surface area contributed by atoms with Crippen LogP contribution >= 0.6 is 0 Å². The zero-order valence-electron chi connectivity index (χ0n) is 15.3. The molecular weight excluding hydrogens is 292 g/mol. The summed E-state index contributed by atoms with van der Waals surface area (Å²) in [5, 5.41) is 3.65. The van der Waals surface area contributed by atoms with Crippen LogP contribution in [0.15, 0.2) is 0 Å². The Morgan fingerprint density at radius 1 is 1.26 bits per heavy atom. The summed E-state index contributed by atoms with van der Waals surface area (Å²) >= 11 is 0. The molecule has 1 heterocycles. The van der Waals surface area contributed by atoms with Crippen LogP contribution in [0.2, 0.25) is 0 Å². The topological polar surface area (TPSA) is 50.8 Å². The van der Waals surface area contributed by atoms with E-state index in [-0.39, 0.29) is 12.1 Å². The molecular formula is C18H34N2O3. The summed E-state index contributed by atoms with van der Waals surface area (Å²) in [4.78, 5) is 14.2. The molecule has 2 fully saturated rings. The number of carbonyl (C=O) groups is 1. The highest BCUT2D eigenvalue weighted by Crippen LogP contribution is 2.26. The van der Waals surface area contributed by atoms with Crippen molar-refractivity contribution in [2.24, 2.45) is 5.92 Å². The smallest absolute Gasteiger partial charge is 0.410 e. The molecule has 5 heteroatoms. The van der Waals surface area contributed by atoms with E-state index in [4.69, 9.17) is 9.47 Å². The third kappa shape index (κ3) is 5.96. The third-order valence-corrected chi connectivity index (χ3v) is 4.92. The monoisotopic (exact) mass is 326 g/mol. The highest BCUT2D eigenvalue weighted by molar-refractivity contribution is 5.68. The van der Waals surface area contributed by atoms with Gasteiger partial charge in [-0.15, -0.1) is 0 Å². The van der Waals surface area contributed by atoms with Crippen molar-refractivity contribution >= 4 is 6.09 Å². The molecule has 0 spiro atoms. The van der Waals surface area contributed by atoms with Crippen molar-refractivity contribution in [2.45, 2.75) is 77.5 Å². The largest absolute Gasteiger partial charge is 0.444 e. The maximum atomic E-state index is 12.4. The summed E-state index contributed by atoms with van der Waals surface area (Å²) in [6.45, 7) is 10.6. The minimum absolute atomic E-state index is 0.0718. The number of hydrogen-bond donors (Lipinski definition) is 1. The Kier molecular flexibility index (Phi) is 6.72. The molecule has 5 nitrogen and oxygen atoms in total. The van der Waals surface area contributed by atoms with E-state index in [1.165, 1.54) is 32.1 Å². The second kappa shape index (κ2) is 8.34. The fourth-order valence-electron chi connectivity index (χ4n) is 3.46. The van der Waals surface area contributed by atoms with Gasteiger partial charge < -0.3 is 14.8 Å². The van der Waals surface area contributed by atoms with E-state index in [1.54, 1.807) is 0 Å². The van der Waals surface area contributed by atoms with Crippen LogP contribution in [0.3, 0.4) is 0 Å². The first kappa shape index (κ1) is 18.5. The molecule has 1 saturated heterocycles. The number of carbonyl (C=O) groups excluding carboxylic acids is 1. The first-order valence-corrected chi connectivity index (χ1v) is 9.19. The first-order valence-electron chi connectivity index (χ1n) is 9.19. The Balaban J connectivity index is 1.81. The van der Waals surface area contributed by atoms with Crippen LogP contribution in [0.1, 0.15) is 59.8 Å². The molecule has 1 unspecified atom stereocenters. The van der Waals surface area contributed by atoms with Crippen LogP contribution in [0, 0.1) is 5.92 Å². The molecule has 1 aliphatic carbocycles. The lowest BCUT2D eigenvalue weighted by Crippen LogP contribution is -2.55. The number of morpholine rings is 1. The predicted molar refractivity (Wildman–Crippen MR) is 91.6 cm³/mol. The minimum atomic E-state index is -0.452. The van der Waals surface area contributed by atoms with Gasteiger partial charge in [0.1, 0.15) is 5.60 Å². The molecule has 0 aromatic rings. The maximum absolute atomic E-state index is 12.4. The summed E-state index contributed by atoms with van der Waals surface area (Å²) in [6, 6.07) is 0.655. The fraction of sp³-hybridized carbons (Fsp3) is 0.944. The SMILES string of the molecule is CCC1CCC(NCC2COCCN2C(=O)OC(C)(C)C)CC1. The van der Waals surface area contributed by atoms with Gasteiger partial charge in [0.05, 0.1) is 19.3 Å².